The van der Waals surface area contributed by atoms with Crippen molar-refractivity contribution in [1.82, 2.24) is 0 Å². The van der Waals surface area contributed by atoms with Crippen molar-refractivity contribution in [2.75, 3.05) is 126 Å². The number of aliphatic carboxylic acids is 1. The van der Waals surface area contributed by atoms with Gasteiger partial charge >= 0.3 is 11.9 Å². The van der Waals surface area contributed by atoms with Crippen LogP contribution in [-0.4, -0.2) is 143 Å². The predicted octanol–water partition coefficient (Wildman–Crippen LogP) is 2.37. The third-order valence-electron chi connectivity index (χ3n) is 5.64. The molecule has 250 valence electrons. The Hall–Kier alpha value is -1.42. The van der Waals surface area contributed by atoms with Crippen molar-refractivity contribution in [1.29, 1.82) is 0 Å². The van der Waals surface area contributed by atoms with Crippen LogP contribution in [0.4, 0.5) is 0 Å². The van der Waals surface area contributed by atoms with E-state index in [1.165, 1.54) is 0 Å². The van der Waals surface area contributed by atoms with Gasteiger partial charge in [-0.3, -0.25) is 9.59 Å². The van der Waals surface area contributed by atoms with E-state index in [1.54, 1.807) is 0 Å². The maximum atomic E-state index is 12.0. The van der Waals surface area contributed by atoms with Gasteiger partial charge in [-0.15, -0.1) is 0 Å². The van der Waals surface area contributed by atoms with Crippen LogP contribution in [0.25, 0.3) is 0 Å². The molecule has 0 heterocycles. The second kappa shape index (κ2) is 34.1. The lowest BCUT2D eigenvalue weighted by Gasteiger charge is -2.13. The summed E-state index contributed by atoms with van der Waals surface area (Å²) in [6.45, 7) is 12.3. The van der Waals surface area contributed by atoms with Gasteiger partial charge in [-0.2, -0.15) is 0 Å². The number of hydrogen-bond donors (Lipinski definition) is 1. The molecule has 0 amide bonds. The summed E-state index contributed by atoms with van der Waals surface area (Å²) in [5, 5.41) is 8.48. The summed E-state index contributed by atoms with van der Waals surface area (Å²) in [5.74, 6) is -1.01. The van der Waals surface area contributed by atoms with E-state index in [9.17, 15) is 9.59 Å². The Labute approximate surface area is 251 Å². The lowest BCUT2D eigenvalue weighted by atomic mass is 10.00. The molecule has 0 aliphatic rings. The molecule has 0 aliphatic carbocycles. The number of carboxylic acids is 1. The van der Waals surface area contributed by atoms with Crippen LogP contribution in [0.2, 0.25) is 0 Å². The SMILES string of the molecule is CCCCC(CC)C(=O)OCCOCCOCCOCCOCCOCCOCCOCCOCCOCCC(=O)O. The van der Waals surface area contributed by atoms with Crippen molar-refractivity contribution in [3.63, 3.8) is 0 Å². The minimum atomic E-state index is -0.875. The molecule has 1 atom stereocenters. The van der Waals surface area contributed by atoms with Gasteiger partial charge in [0.2, 0.25) is 0 Å². The van der Waals surface area contributed by atoms with Crippen LogP contribution in [0.3, 0.4) is 0 Å². The van der Waals surface area contributed by atoms with Gasteiger partial charge in [-0.05, 0) is 12.8 Å². The smallest absolute Gasteiger partial charge is 0.308 e. The zero-order chi connectivity index (χ0) is 30.8. The molecule has 13 nitrogen and oxygen atoms in total. The van der Waals surface area contributed by atoms with E-state index in [1.807, 2.05) is 6.92 Å². The minimum absolute atomic E-state index is 0.00337. The summed E-state index contributed by atoms with van der Waals surface area (Å²) in [6, 6.07) is 0. The molecule has 0 aromatic rings. The minimum Gasteiger partial charge on any atom is -0.481 e. The van der Waals surface area contributed by atoms with E-state index in [2.05, 4.69) is 6.92 Å². The van der Waals surface area contributed by atoms with E-state index in [0.717, 1.165) is 25.7 Å². The highest BCUT2D eigenvalue weighted by Gasteiger charge is 2.16. The third-order valence-corrected chi connectivity index (χ3v) is 5.64. The molecule has 0 aromatic carbocycles. The van der Waals surface area contributed by atoms with Crippen molar-refractivity contribution in [2.45, 2.75) is 46.0 Å². The monoisotopic (exact) mass is 612 g/mol. The van der Waals surface area contributed by atoms with E-state index < -0.39 is 5.97 Å². The van der Waals surface area contributed by atoms with Gasteiger partial charge in [0.25, 0.3) is 0 Å². The number of unbranched alkanes of at least 4 members (excludes halogenated alkanes) is 1. The molecule has 1 N–H and O–H groups in total. The molecule has 0 saturated heterocycles. The predicted molar refractivity (Wildman–Crippen MR) is 154 cm³/mol. The summed E-state index contributed by atoms with van der Waals surface area (Å²) < 4.78 is 53.7. The van der Waals surface area contributed by atoms with Crippen LogP contribution in [0.5, 0.6) is 0 Å². The van der Waals surface area contributed by atoms with Crippen LogP contribution in [-0.2, 0) is 57.0 Å². The average Bonchev–Trinajstić information content (AvgIpc) is 2.98. The summed E-state index contributed by atoms with van der Waals surface area (Å²) in [5.41, 5.74) is 0. The molecule has 0 aromatic heterocycles. The van der Waals surface area contributed by atoms with E-state index >= 15 is 0 Å². The standard InChI is InChI=1S/C29H56O13/c1-3-5-6-27(4-2)29(32)42-26-25-41-24-23-40-22-21-39-20-19-38-18-17-37-16-15-36-14-13-35-12-11-34-10-9-33-8-7-28(30)31/h27H,3-26H2,1-2H3,(H,30,31). The first-order chi connectivity index (χ1) is 20.6. The Kier molecular flexibility index (Phi) is 32.9. The molecule has 0 saturated carbocycles. The number of carboxylic acid groups (broad SMARTS) is 1. The Morgan fingerprint density at radius 1 is 0.500 bits per heavy atom. The molecule has 0 fully saturated rings. The fourth-order valence-electron chi connectivity index (χ4n) is 3.28. The number of esters is 1. The average molecular weight is 613 g/mol. The highest BCUT2D eigenvalue weighted by atomic mass is 16.6. The van der Waals surface area contributed by atoms with E-state index in [0.29, 0.717) is 112 Å². The van der Waals surface area contributed by atoms with Gasteiger partial charge in [0.15, 0.2) is 0 Å². The molecule has 42 heavy (non-hydrogen) atoms. The second-order valence-electron chi connectivity index (χ2n) is 9.07. The van der Waals surface area contributed by atoms with Crippen molar-refractivity contribution in [3.8, 4) is 0 Å². The van der Waals surface area contributed by atoms with Crippen LogP contribution >= 0.6 is 0 Å². The van der Waals surface area contributed by atoms with Gasteiger partial charge in [-0.1, -0.05) is 26.7 Å². The molecule has 0 bridgehead atoms. The van der Waals surface area contributed by atoms with Crippen molar-refractivity contribution in [3.05, 3.63) is 0 Å². The van der Waals surface area contributed by atoms with Gasteiger partial charge in [0.1, 0.15) is 6.61 Å². The Balaban J connectivity index is 3.16. The summed E-state index contributed by atoms with van der Waals surface area (Å²) in [7, 11) is 0. The number of carbonyl (C=O) groups excluding carboxylic acids is 1. The molecule has 0 aliphatic heterocycles. The fourth-order valence-corrected chi connectivity index (χ4v) is 3.28. The summed E-state index contributed by atoms with van der Waals surface area (Å²) in [4.78, 5) is 22.3. The second-order valence-corrected chi connectivity index (χ2v) is 9.07. The maximum Gasteiger partial charge on any atom is 0.308 e. The maximum absolute atomic E-state index is 12.0. The lowest BCUT2D eigenvalue weighted by Crippen LogP contribution is -2.20. The van der Waals surface area contributed by atoms with E-state index in [4.69, 9.17) is 52.5 Å². The molecule has 1 unspecified atom stereocenters. The largest absolute Gasteiger partial charge is 0.481 e. The zero-order valence-corrected chi connectivity index (χ0v) is 25.9. The van der Waals surface area contributed by atoms with Crippen molar-refractivity contribution < 1.29 is 62.1 Å². The molecule has 0 spiro atoms. The number of hydrogen-bond acceptors (Lipinski definition) is 12. The van der Waals surface area contributed by atoms with Crippen LogP contribution < -0.4 is 0 Å². The first-order valence-corrected chi connectivity index (χ1v) is 15.2. The summed E-state index contributed by atoms with van der Waals surface area (Å²) >= 11 is 0. The Morgan fingerprint density at radius 2 is 0.810 bits per heavy atom. The lowest BCUT2D eigenvalue weighted by molar-refractivity contribution is -0.150. The quantitative estimate of drug-likeness (QED) is 0.0826. The molecule has 0 radical (unpaired) electrons. The highest BCUT2D eigenvalue weighted by Crippen LogP contribution is 2.14. The normalized spacial score (nSPS) is 12.0. The van der Waals surface area contributed by atoms with Gasteiger partial charge < -0.3 is 52.5 Å². The highest BCUT2D eigenvalue weighted by molar-refractivity contribution is 5.72. The van der Waals surface area contributed by atoms with Crippen LogP contribution in [0.1, 0.15) is 46.0 Å². The van der Waals surface area contributed by atoms with Crippen molar-refractivity contribution in [2.24, 2.45) is 5.92 Å². The van der Waals surface area contributed by atoms with Gasteiger partial charge in [0, 0.05) is 0 Å². The first kappa shape index (κ1) is 40.6. The Bertz CT molecular complexity index is 580. The van der Waals surface area contributed by atoms with Crippen LogP contribution in [0.15, 0.2) is 0 Å². The summed E-state index contributed by atoms with van der Waals surface area (Å²) in [6.07, 6.45) is 3.82. The number of carbonyl (C=O) groups is 2. The van der Waals surface area contributed by atoms with Crippen LogP contribution in [0, 0.1) is 5.92 Å². The zero-order valence-electron chi connectivity index (χ0n) is 25.9. The van der Waals surface area contributed by atoms with E-state index in [-0.39, 0.29) is 31.5 Å². The molecular formula is C29H56O13. The molecule has 13 heteroatoms. The number of rotatable bonds is 35. The first-order valence-electron chi connectivity index (χ1n) is 15.2. The topological polar surface area (TPSA) is 147 Å². The molecular weight excluding hydrogens is 556 g/mol. The third kappa shape index (κ3) is 31.5. The van der Waals surface area contributed by atoms with Gasteiger partial charge in [-0.25, -0.2) is 0 Å². The Morgan fingerprint density at radius 3 is 1.10 bits per heavy atom. The van der Waals surface area contributed by atoms with Crippen molar-refractivity contribution >= 4 is 11.9 Å². The number of ether oxygens (including phenoxy) is 10. The fraction of sp³-hybridized carbons (Fsp3) is 0.931. The molecule has 0 rings (SSSR count). The van der Waals surface area contributed by atoms with Gasteiger partial charge in [0.05, 0.1) is 131 Å².